The van der Waals surface area contributed by atoms with Crippen molar-refractivity contribution >= 4 is 86.8 Å². The van der Waals surface area contributed by atoms with Gasteiger partial charge >= 0.3 is 0 Å². The van der Waals surface area contributed by atoms with Crippen LogP contribution in [-0.2, 0) is 0 Å². The lowest BCUT2D eigenvalue weighted by Crippen LogP contribution is -2.03. The molecule has 54 heavy (non-hydrogen) atoms. The zero-order chi connectivity index (χ0) is 35.3. The fraction of sp³-hybridized carbons (Fsp3) is 0. The number of para-hydroxylation sites is 4. The van der Waals surface area contributed by atoms with Crippen molar-refractivity contribution in [3.8, 4) is 22.9 Å². The summed E-state index contributed by atoms with van der Waals surface area (Å²) < 4.78 is 4.78. The van der Waals surface area contributed by atoms with Gasteiger partial charge in [0.2, 0.25) is 0 Å². The maximum atomic E-state index is 5.53. The van der Waals surface area contributed by atoms with E-state index < -0.39 is 0 Å². The van der Waals surface area contributed by atoms with Gasteiger partial charge in [-0.2, -0.15) is 0 Å². The van der Waals surface area contributed by atoms with Gasteiger partial charge < -0.3 is 4.57 Å². The Kier molecular flexibility index (Phi) is 6.02. The lowest BCUT2D eigenvalue weighted by Gasteiger charge is -2.15. The summed E-state index contributed by atoms with van der Waals surface area (Å²) in [4.78, 5) is 10.8. The molecule has 0 aliphatic carbocycles. The van der Waals surface area contributed by atoms with Crippen LogP contribution < -0.4 is 0 Å². The van der Waals surface area contributed by atoms with E-state index in [0.717, 1.165) is 38.7 Å². The summed E-state index contributed by atoms with van der Waals surface area (Å²) in [5, 5.41) is 13.0. The largest absolute Gasteiger partial charge is 0.309 e. The molecule has 0 spiro atoms. The standard InChI is InChI=1S/C50H30N4/c1-2-16-33-31(14-1)28-42(35-18-4-3-17-34(33)35)49-51-43-23-9-5-22-39(43)50(52-49)54-46-26-12-8-21-38(46)41-30-40-32(29-48(41)54)15-13-27-47(40)53-44-24-10-6-19-36(44)37-20-7-11-25-45(37)53/h1-30H. The van der Waals surface area contributed by atoms with Crippen molar-refractivity contribution in [2.45, 2.75) is 0 Å². The molecule has 3 aromatic heterocycles. The van der Waals surface area contributed by atoms with Crippen LogP contribution >= 0.6 is 0 Å². The highest BCUT2D eigenvalue weighted by Crippen LogP contribution is 2.41. The van der Waals surface area contributed by atoms with E-state index >= 15 is 0 Å². The smallest absolute Gasteiger partial charge is 0.162 e. The van der Waals surface area contributed by atoms with Crippen LogP contribution in [0.2, 0.25) is 0 Å². The highest BCUT2D eigenvalue weighted by molar-refractivity contribution is 6.17. The molecule has 0 aliphatic heterocycles. The van der Waals surface area contributed by atoms with Crippen molar-refractivity contribution in [3.63, 3.8) is 0 Å². The quantitative estimate of drug-likeness (QED) is 0.173. The number of aromatic nitrogens is 4. The van der Waals surface area contributed by atoms with E-state index in [2.05, 4.69) is 191 Å². The minimum Gasteiger partial charge on any atom is -0.309 e. The fourth-order valence-corrected chi connectivity index (χ4v) is 8.92. The van der Waals surface area contributed by atoms with Crippen LogP contribution in [0.15, 0.2) is 182 Å². The predicted octanol–water partition coefficient (Wildman–Crippen LogP) is 13.0. The molecule has 0 unspecified atom stereocenters. The lowest BCUT2D eigenvalue weighted by atomic mass is 9.97. The molecular weight excluding hydrogens is 657 g/mol. The molecule has 4 heteroatoms. The normalized spacial score (nSPS) is 12.1. The van der Waals surface area contributed by atoms with Gasteiger partial charge in [0, 0.05) is 37.9 Å². The third-order valence-corrected chi connectivity index (χ3v) is 11.3. The summed E-state index contributed by atoms with van der Waals surface area (Å²) in [6, 6.07) is 65.4. The average molecular weight is 687 g/mol. The molecular formula is C50H30N4. The molecule has 0 atom stereocenters. The van der Waals surface area contributed by atoms with Gasteiger partial charge in [-0.3, -0.25) is 4.57 Å². The SMILES string of the molecule is c1cc(-n2c3ccccc3c3ccccc32)c2cc3c4ccccc4n(-c4nc(-c5cc6ccccc6c6ccccc56)nc5ccccc45)c3cc2c1. The Morgan fingerprint density at radius 3 is 1.59 bits per heavy atom. The molecule has 0 aliphatic rings. The molecule has 9 aromatic carbocycles. The van der Waals surface area contributed by atoms with Crippen molar-refractivity contribution in [3.05, 3.63) is 182 Å². The Labute approximate surface area is 309 Å². The van der Waals surface area contributed by atoms with E-state index in [9.17, 15) is 0 Å². The van der Waals surface area contributed by atoms with Crippen molar-refractivity contribution in [2.75, 3.05) is 0 Å². The van der Waals surface area contributed by atoms with Crippen LogP contribution in [0.1, 0.15) is 0 Å². The van der Waals surface area contributed by atoms with E-state index in [0.29, 0.717) is 5.82 Å². The van der Waals surface area contributed by atoms with Crippen molar-refractivity contribution in [1.29, 1.82) is 0 Å². The molecule has 0 saturated heterocycles. The molecule has 0 radical (unpaired) electrons. The van der Waals surface area contributed by atoms with Gasteiger partial charge in [0.25, 0.3) is 0 Å². The van der Waals surface area contributed by atoms with Gasteiger partial charge in [-0.25, -0.2) is 9.97 Å². The highest BCUT2D eigenvalue weighted by Gasteiger charge is 2.21. The van der Waals surface area contributed by atoms with Crippen LogP contribution in [0.5, 0.6) is 0 Å². The second kappa shape index (κ2) is 11.1. The number of hydrogen-bond donors (Lipinski definition) is 0. The molecule has 12 rings (SSSR count). The second-order valence-electron chi connectivity index (χ2n) is 14.2. The first kappa shape index (κ1) is 29.3. The molecule has 250 valence electrons. The topological polar surface area (TPSA) is 35.6 Å². The Morgan fingerprint density at radius 1 is 0.315 bits per heavy atom. The molecule has 0 N–H and O–H groups in total. The average Bonchev–Trinajstić information content (AvgIpc) is 3.74. The summed E-state index contributed by atoms with van der Waals surface area (Å²) in [7, 11) is 0. The van der Waals surface area contributed by atoms with Gasteiger partial charge in [-0.05, 0) is 81.5 Å². The highest BCUT2D eigenvalue weighted by atomic mass is 15.1. The maximum Gasteiger partial charge on any atom is 0.162 e. The van der Waals surface area contributed by atoms with Crippen LogP contribution in [0.3, 0.4) is 0 Å². The third-order valence-electron chi connectivity index (χ3n) is 11.3. The molecule has 0 amide bonds. The van der Waals surface area contributed by atoms with Crippen molar-refractivity contribution in [2.24, 2.45) is 0 Å². The zero-order valence-electron chi connectivity index (χ0n) is 29.1. The van der Waals surface area contributed by atoms with Crippen LogP contribution in [0.25, 0.3) is 110 Å². The van der Waals surface area contributed by atoms with Gasteiger partial charge in [-0.1, -0.05) is 127 Å². The number of fused-ring (bicyclic) bond motifs is 11. The van der Waals surface area contributed by atoms with E-state index in [-0.39, 0.29) is 0 Å². The van der Waals surface area contributed by atoms with Crippen molar-refractivity contribution < 1.29 is 0 Å². The number of rotatable bonds is 3. The van der Waals surface area contributed by atoms with Gasteiger partial charge in [-0.15, -0.1) is 0 Å². The Balaban J connectivity index is 1.17. The maximum absolute atomic E-state index is 5.53. The summed E-state index contributed by atoms with van der Waals surface area (Å²) in [6.07, 6.45) is 0. The monoisotopic (exact) mass is 686 g/mol. The predicted molar refractivity (Wildman–Crippen MR) is 226 cm³/mol. The zero-order valence-corrected chi connectivity index (χ0v) is 29.1. The van der Waals surface area contributed by atoms with E-state index in [1.54, 1.807) is 0 Å². The van der Waals surface area contributed by atoms with Gasteiger partial charge in [0.15, 0.2) is 5.82 Å². The summed E-state index contributed by atoms with van der Waals surface area (Å²) in [5.41, 5.74) is 7.74. The minimum absolute atomic E-state index is 0.714. The minimum atomic E-state index is 0.714. The lowest BCUT2D eigenvalue weighted by molar-refractivity contribution is 1.08. The van der Waals surface area contributed by atoms with Crippen molar-refractivity contribution in [1.82, 2.24) is 19.1 Å². The van der Waals surface area contributed by atoms with E-state index in [1.165, 1.54) is 65.2 Å². The Hall–Kier alpha value is -7.30. The summed E-state index contributed by atoms with van der Waals surface area (Å²) in [6.45, 7) is 0. The second-order valence-corrected chi connectivity index (χ2v) is 14.2. The Bertz CT molecular complexity index is 3460. The molecule has 0 bridgehead atoms. The molecule has 3 heterocycles. The van der Waals surface area contributed by atoms with Crippen LogP contribution in [-0.4, -0.2) is 19.1 Å². The van der Waals surface area contributed by atoms with E-state index in [1.807, 2.05) is 0 Å². The first-order valence-corrected chi connectivity index (χ1v) is 18.4. The number of nitrogens with zero attached hydrogens (tertiary/aromatic N) is 4. The first-order chi connectivity index (χ1) is 26.8. The van der Waals surface area contributed by atoms with E-state index in [4.69, 9.17) is 9.97 Å². The van der Waals surface area contributed by atoms with Gasteiger partial charge in [0.05, 0.1) is 33.3 Å². The Morgan fingerprint density at radius 2 is 0.852 bits per heavy atom. The summed E-state index contributed by atoms with van der Waals surface area (Å²) >= 11 is 0. The first-order valence-electron chi connectivity index (χ1n) is 18.4. The molecule has 4 nitrogen and oxygen atoms in total. The molecule has 0 saturated carbocycles. The third kappa shape index (κ3) is 4.08. The number of hydrogen-bond acceptors (Lipinski definition) is 2. The fourth-order valence-electron chi connectivity index (χ4n) is 8.92. The van der Waals surface area contributed by atoms with Gasteiger partial charge in [0.1, 0.15) is 5.82 Å². The van der Waals surface area contributed by atoms with Crippen LogP contribution in [0, 0.1) is 0 Å². The summed E-state index contributed by atoms with van der Waals surface area (Å²) in [5.74, 6) is 1.59. The molecule has 0 fully saturated rings. The number of benzene rings is 9. The van der Waals surface area contributed by atoms with Crippen LogP contribution in [0.4, 0.5) is 0 Å². The molecule has 12 aromatic rings.